The molecule has 0 spiro atoms. The number of thioether (sulfide) groups is 1. The number of carboxylic acid groups (broad SMARTS) is 1. The van der Waals surface area contributed by atoms with Crippen LogP contribution in [0.4, 0.5) is 0 Å². The SMILES string of the molecule is CCCC1(C(=O)N2CSC[C@H]2C(=O)O)CCCN1. The molecular weight excluding hydrogens is 252 g/mol. The molecule has 1 unspecified atom stereocenters. The zero-order valence-corrected chi connectivity index (χ0v) is 11.5. The van der Waals surface area contributed by atoms with Gasteiger partial charge in [0.1, 0.15) is 6.04 Å². The van der Waals surface area contributed by atoms with Gasteiger partial charge in [-0.25, -0.2) is 4.79 Å². The molecule has 2 saturated heterocycles. The Morgan fingerprint density at radius 3 is 2.89 bits per heavy atom. The van der Waals surface area contributed by atoms with Gasteiger partial charge in [-0.3, -0.25) is 4.79 Å². The minimum atomic E-state index is -0.891. The van der Waals surface area contributed by atoms with Crippen molar-refractivity contribution in [1.82, 2.24) is 10.2 Å². The topological polar surface area (TPSA) is 69.6 Å². The number of carbonyl (C=O) groups excluding carboxylic acids is 1. The molecule has 0 aromatic rings. The van der Waals surface area contributed by atoms with Crippen molar-refractivity contribution in [2.24, 2.45) is 0 Å². The number of hydrogen-bond donors (Lipinski definition) is 2. The average Bonchev–Trinajstić information content (AvgIpc) is 2.97. The van der Waals surface area contributed by atoms with Crippen LogP contribution >= 0.6 is 11.8 Å². The number of amides is 1. The van der Waals surface area contributed by atoms with Gasteiger partial charge >= 0.3 is 5.97 Å². The van der Waals surface area contributed by atoms with Crippen LogP contribution in [-0.4, -0.2) is 51.6 Å². The second-order valence-corrected chi connectivity index (χ2v) is 5.99. The average molecular weight is 272 g/mol. The van der Waals surface area contributed by atoms with Crippen molar-refractivity contribution in [1.29, 1.82) is 0 Å². The van der Waals surface area contributed by atoms with Crippen molar-refractivity contribution in [3.63, 3.8) is 0 Å². The molecule has 102 valence electrons. The van der Waals surface area contributed by atoms with E-state index in [1.165, 1.54) is 11.8 Å². The van der Waals surface area contributed by atoms with Crippen LogP contribution in [0.15, 0.2) is 0 Å². The Morgan fingerprint density at radius 1 is 1.56 bits per heavy atom. The van der Waals surface area contributed by atoms with Gasteiger partial charge < -0.3 is 15.3 Å². The Hall–Kier alpha value is -0.750. The van der Waals surface area contributed by atoms with Crippen LogP contribution in [0.2, 0.25) is 0 Å². The van der Waals surface area contributed by atoms with Crippen LogP contribution < -0.4 is 5.32 Å². The Morgan fingerprint density at radius 2 is 2.33 bits per heavy atom. The summed E-state index contributed by atoms with van der Waals surface area (Å²) in [5.41, 5.74) is -0.507. The van der Waals surface area contributed by atoms with Crippen LogP contribution in [-0.2, 0) is 9.59 Å². The maximum absolute atomic E-state index is 12.7. The summed E-state index contributed by atoms with van der Waals surface area (Å²) in [6.07, 6.45) is 3.54. The molecular formula is C12H20N2O3S. The highest BCUT2D eigenvalue weighted by Gasteiger charge is 2.46. The van der Waals surface area contributed by atoms with E-state index in [1.54, 1.807) is 4.90 Å². The first kappa shape index (κ1) is 13.7. The molecule has 5 nitrogen and oxygen atoms in total. The molecule has 6 heteroatoms. The summed E-state index contributed by atoms with van der Waals surface area (Å²) >= 11 is 1.52. The van der Waals surface area contributed by atoms with Crippen molar-refractivity contribution in [3.8, 4) is 0 Å². The van der Waals surface area contributed by atoms with E-state index < -0.39 is 17.6 Å². The van der Waals surface area contributed by atoms with Crippen LogP contribution in [0.5, 0.6) is 0 Å². The molecule has 0 aromatic carbocycles. The lowest BCUT2D eigenvalue weighted by Gasteiger charge is -2.33. The molecule has 1 amide bonds. The van der Waals surface area contributed by atoms with Crippen molar-refractivity contribution < 1.29 is 14.7 Å². The van der Waals surface area contributed by atoms with Gasteiger partial charge in [-0.2, -0.15) is 0 Å². The van der Waals surface area contributed by atoms with E-state index in [0.717, 1.165) is 32.2 Å². The van der Waals surface area contributed by atoms with Crippen molar-refractivity contribution in [3.05, 3.63) is 0 Å². The van der Waals surface area contributed by atoms with E-state index in [1.807, 2.05) is 0 Å². The molecule has 0 aromatic heterocycles. The first-order chi connectivity index (χ1) is 8.60. The number of rotatable bonds is 4. The monoisotopic (exact) mass is 272 g/mol. The lowest BCUT2D eigenvalue weighted by atomic mass is 9.90. The lowest BCUT2D eigenvalue weighted by molar-refractivity contribution is -0.150. The predicted octanol–water partition coefficient (Wildman–Crippen LogP) is 0.895. The highest BCUT2D eigenvalue weighted by Crippen LogP contribution is 2.31. The molecule has 0 bridgehead atoms. The number of aliphatic carboxylic acids is 1. The maximum atomic E-state index is 12.7. The minimum absolute atomic E-state index is 0.0146. The minimum Gasteiger partial charge on any atom is -0.480 e. The molecule has 0 saturated carbocycles. The number of carboxylic acids is 1. The van der Waals surface area contributed by atoms with E-state index in [0.29, 0.717) is 11.6 Å². The second-order valence-electron chi connectivity index (χ2n) is 4.99. The smallest absolute Gasteiger partial charge is 0.327 e. The summed E-state index contributed by atoms with van der Waals surface area (Å²) in [4.78, 5) is 25.4. The van der Waals surface area contributed by atoms with Gasteiger partial charge in [0, 0.05) is 5.75 Å². The van der Waals surface area contributed by atoms with Gasteiger partial charge in [0.15, 0.2) is 0 Å². The predicted molar refractivity (Wildman–Crippen MR) is 70.5 cm³/mol. The molecule has 2 aliphatic rings. The van der Waals surface area contributed by atoms with Crippen LogP contribution in [0.3, 0.4) is 0 Å². The third-order valence-corrected chi connectivity index (χ3v) is 4.77. The molecule has 2 heterocycles. The number of carbonyl (C=O) groups is 2. The van der Waals surface area contributed by atoms with Gasteiger partial charge in [0.25, 0.3) is 0 Å². The Kier molecular flexibility index (Phi) is 4.17. The fourth-order valence-corrected chi connectivity index (χ4v) is 4.00. The summed E-state index contributed by atoms with van der Waals surface area (Å²) in [5.74, 6) is 0.101. The first-order valence-electron chi connectivity index (χ1n) is 6.47. The summed E-state index contributed by atoms with van der Waals surface area (Å²) in [7, 11) is 0. The van der Waals surface area contributed by atoms with E-state index >= 15 is 0 Å². The summed E-state index contributed by atoms with van der Waals surface area (Å²) in [6.45, 7) is 2.91. The second kappa shape index (κ2) is 5.48. The molecule has 2 aliphatic heterocycles. The van der Waals surface area contributed by atoms with Gasteiger partial charge in [0.05, 0.1) is 11.4 Å². The molecule has 2 N–H and O–H groups in total. The number of hydrogen-bond acceptors (Lipinski definition) is 4. The van der Waals surface area contributed by atoms with E-state index in [-0.39, 0.29) is 5.91 Å². The number of nitrogens with zero attached hydrogens (tertiary/aromatic N) is 1. The Labute approximate surface area is 111 Å². The fraction of sp³-hybridized carbons (Fsp3) is 0.833. The third kappa shape index (κ3) is 2.36. The normalized spacial score (nSPS) is 31.8. The van der Waals surface area contributed by atoms with E-state index in [9.17, 15) is 9.59 Å². The van der Waals surface area contributed by atoms with Gasteiger partial charge in [-0.15, -0.1) is 11.8 Å². The van der Waals surface area contributed by atoms with Gasteiger partial charge in [-0.05, 0) is 25.8 Å². The zero-order chi connectivity index (χ0) is 13.2. The highest BCUT2D eigenvalue weighted by atomic mass is 32.2. The van der Waals surface area contributed by atoms with E-state index in [2.05, 4.69) is 12.2 Å². The number of nitrogens with one attached hydrogen (secondary N) is 1. The molecule has 0 radical (unpaired) electrons. The Bertz CT molecular complexity index is 342. The molecule has 18 heavy (non-hydrogen) atoms. The van der Waals surface area contributed by atoms with Crippen molar-refractivity contribution in [2.45, 2.75) is 44.2 Å². The first-order valence-corrected chi connectivity index (χ1v) is 7.63. The molecule has 2 fully saturated rings. The lowest BCUT2D eigenvalue weighted by Crippen LogP contribution is -2.57. The summed E-state index contributed by atoms with van der Waals surface area (Å²) in [6, 6.07) is -0.654. The maximum Gasteiger partial charge on any atom is 0.327 e. The third-order valence-electron chi connectivity index (χ3n) is 3.76. The molecule has 0 aliphatic carbocycles. The summed E-state index contributed by atoms with van der Waals surface area (Å²) in [5, 5.41) is 12.5. The van der Waals surface area contributed by atoms with Gasteiger partial charge in [-0.1, -0.05) is 13.3 Å². The van der Waals surface area contributed by atoms with Crippen molar-refractivity contribution in [2.75, 3.05) is 18.2 Å². The van der Waals surface area contributed by atoms with Crippen molar-refractivity contribution >= 4 is 23.6 Å². The van der Waals surface area contributed by atoms with Crippen LogP contribution in [0.1, 0.15) is 32.6 Å². The van der Waals surface area contributed by atoms with Gasteiger partial charge in [0.2, 0.25) is 5.91 Å². The molecule has 2 atom stereocenters. The van der Waals surface area contributed by atoms with Crippen LogP contribution in [0, 0.1) is 0 Å². The highest BCUT2D eigenvalue weighted by molar-refractivity contribution is 7.99. The summed E-state index contributed by atoms with van der Waals surface area (Å²) < 4.78 is 0. The van der Waals surface area contributed by atoms with Crippen LogP contribution in [0.25, 0.3) is 0 Å². The fourth-order valence-electron chi connectivity index (χ4n) is 2.86. The molecule has 2 rings (SSSR count). The Balaban J connectivity index is 2.15. The zero-order valence-electron chi connectivity index (χ0n) is 10.6. The largest absolute Gasteiger partial charge is 0.480 e. The standard InChI is InChI=1S/C12H20N2O3S/c1-2-4-12(5-3-6-13-12)11(17)14-8-18-7-9(14)10(15)16/h9,13H,2-8H2,1H3,(H,15,16)/t9-,12?/m0/s1. The van der Waals surface area contributed by atoms with E-state index in [4.69, 9.17) is 5.11 Å². The quantitative estimate of drug-likeness (QED) is 0.795.